The van der Waals surface area contributed by atoms with E-state index in [-0.39, 0.29) is 11.5 Å². The standard InChI is InChI=1S/C22H26N2O6/c1-4-11-29-18-10-9-16(13-19(18)28-5-2)22(27)30-14-20(25)24-17-8-6-7-15(12-17)21(26)23-3/h6-10,12-13H,4-5,11,14H2,1-3H3,(H,23,26)(H,24,25). The average Bonchev–Trinajstić information content (AvgIpc) is 2.76. The molecule has 0 aromatic heterocycles. The molecular weight excluding hydrogens is 388 g/mol. The normalized spacial score (nSPS) is 10.1. The van der Waals surface area contributed by atoms with Crippen LogP contribution in [0.15, 0.2) is 42.5 Å². The number of amides is 2. The quantitative estimate of drug-likeness (QED) is 0.580. The zero-order chi connectivity index (χ0) is 21.9. The van der Waals surface area contributed by atoms with Crippen LogP contribution >= 0.6 is 0 Å². The first-order valence-electron chi connectivity index (χ1n) is 9.67. The number of hydrogen-bond acceptors (Lipinski definition) is 6. The number of nitrogens with one attached hydrogen (secondary N) is 2. The molecule has 8 heteroatoms. The molecule has 0 unspecified atom stereocenters. The van der Waals surface area contributed by atoms with Gasteiger partial charge in [-0.3, -0.25) is 9.59 Å². The van der Waals surface area contributed by atoms with Crippen molar-refractivity contribution in [3.63, 3.8) is 0 Å². The SMILES string of the molecule is CCCOc1ccc(C(=O)OCC(=O)Nc2cccc(C(=O)NC)c2)cc1OCC. The van der Waals surface area contributed by atoms with Crippen LogP contribution in [0, 0.1) is 0 Å². The number of carbonyl (C=O) groups excluding carboxylic acids is 3. The zero-order valence-corrected chi connectivity index (χ0v) is 17.3. The highest BCUT2D eigenvalue weighted by atomic mass is 16.5. The number of ether oxygens (including phenoxy) is 3. The van der Waals surface area contributed by atoms with Crippen molar-refractivity contribution < 1.29 is 28.6 Å². The molecule has 2 N–H and O–H groups in total. The molecule has 0 saturated heterocycles. The summed E-state index contributed by atoms with van der Waals surface area (Å²) in [5.41, 5.74) is 1.08. The molecule has 2 amide bonds. The summed E-state index contributed by atoms with van der Waals surface area (Å²) >= 11 is 0. The smallest absolute Gasteiger partial charge is 0.338 e. The summed E-state index contributed by atoms with van der Waals surface area (Å²) in [6.07, 6.45) is 0.844. The Bertz CT molecular complexity index is 897. The van der Waals surface area contributed by atoms with E-state index in [9.17, 15) is 14.4 Å². The molecule has 0 heterocycles. The minimum absolute atomic E-state index is 0.247. The van der Waals surface area contributed by atoms with E-state index in [0.29, 0.717) is 36.0 Å². The van der Waals surface area contributed by atoms with E-state index in [1.165, 1.54) is 19.2 Å². The van der Waals surface area contributed by atoms with Gasteiger partial charge in [-0.1, -0.05) is 13.0 Å². The predicted molar refractivity (Wildman–Crippen MR) is 112 cm³/mol. The van der Waals surface area contributed by atoms with E-state index >= 15 is 0 Å². The molecule has 8 nitrogen and oxygen atoms in total. The van der Waals surface area contributed by atoms with Gasteiger partial charge in [0, 0.05) is 18.3 Å². The third kappa shape index (κ3) is 6.51. The topological polar surface area (TPSA) is 103 Å². The van der Waals surface area contributed by atoms with Crippen molar-refractivity contribution in [3.8, 4) is 11.5 Å². The summed E-state index contributed by atoms with van der Waals surface area (Å²) in [6.45, 7) is 4.30. The average molecular weight is 414 g/mol. The highest BCUT2D eigenvalue weighted by Crippen LogP contribution is 2.29. The summed E-state index contributed by atoms with van der Waals surface area (Å²) in [5, 5.41) is 5.10. The van der Waals surface area contributed by atoms with Crippen molar-refractivity contribution in [2.75, 3.05) is 32.2 Å². The Balaban J connectivity index is 1.97. The highest BCUT2D eigenvalue weighted by molar-refractivity contribution is 5.98. The second kappa shape index (κ2) is 11.5. The monoisotopic (exact) mass is 414 g/mol. The fraction of sp³-hybridized carbons (Fsp3) is 0.318. The molecule has 2 aromatic carbocycles. The molecule has 0 aliphatic rings. The van der Waals surface area contributed by atoms with E-state index in [1.807, 2.05) is 13.8 Å². The van der Waals surface area contributed by atoms with Crippen LogP contribution in [0.5, 0.6) is 11.5 Å². The fourth-order valence-electron chi connectivity index (χ4n) is 2.53. The summed E-state index contributed by atoms with van der Waals surface area (Å²) in [7, 11) is 1.52. The minimum atomic E-state index is -0.660. The van der Waals surface area contributed by atoms with Gasteiger partial charge < -0.3 is 24.8 Å². The van der Waals surface area contributed by atoms with Gasteiger partial charge in [-0.05, 0) is 49.7 Å². The van der Waals surface area contributed by atoms with Crippen molar-refractivity contribution in [1.29, 1.82) is 0 Å². The van der Waals surface area contributed by atoms with Crippen molar-refractivity contribution in [2.24, 2.45) is 0 Å². The Morgan fingerprint density at radius 3 is 2.43 bits per heavy atom. The lowest BCUT2D eigenvalue weighted by Gasteiger charge is -2.13. The number of benzene rings is 2. The largest absolute Gasteiger partial charge is 0.490 e. The van der Waals surface area contributed by atoms with Crippen LogP contribution in [-0.4, -0.2) is 44.7 Å². The first kappa shape index (κ1) is 22.7. The number of esters is 1. The maximum atomic E-state index is 12.3. The maximum Gasteiger partial charge on any atom is 0.338 e. The zero-order valence-electron chi connectivity index (χ0n) is 17.3. The third-order valence-corrected chi connectivity index (χ3v) is 3.91. The maximum absolute atomic E-state index is 12.3. The molecule has 2 aromatic rings. The third-order valence-electron chi connectivity index (χ3n) is 3.91. The Labute approximate surface area is 175 Å². The van der Waals surface area contributed by atoms with Gasteiger partial charge >= 0.3 is 5.97 Å². The molecule has 30 heavy (non-hydrogen) atoms. The molecule has 2 rings (SSSR count). The molecule has 0 aliphatic carbocycles. The number of carbonyl (C=O) groups is 3. The highest BCUT2D eigenvalue weighted by Gasteiger charge is 2.15. The number of anilines is 1. The lowest BCUT2D eigenvalue weighted by molar-refractivity contribution is -0.119. The molecule has 0 aliphatic heterocycles. The van der Waals surface area contributed by atoms with E-state index in [2.05, 4.69) is 10.6 Å². The second-order valence-corrected chi connectivity index (χ2v) is 6.23. The van der Waals surface area contributed by atoms with Gasteiger partial charge in [-0.15, -0.1) is 0 Å². The van der Waals surface area contributed by atoms with Gasteiger partial charge in [0.1, 0.15) is 0 Å². The fourth-order valence-corrected chi connectivity index (χ4v) is 2.53. The summed E-state index contributed by atoms with van der Waals surface area (Å²) in [5.74, 6) is -0.466. The van der Waals surface area contributed by atoms with Gasteiger partial charge in [0.25, 0.3) is 11.8 Å². The summed E-state index contributed by atoms with van der Waals surface area (Å²) < 4.78 is 16.2. The van der Waals surface area contributed by atoms with Crippen molar-refractivity contribution in [3.05, 3.63) is 53.6 Å². The van der Waals surface area contributed by atoms with E-state index in [1.54, 1.807) is 30.3 Å². The van der Waals surface area contributed by atoms with E-state index < -0.39 is 18.5 Å². The second-order valence-electron chi connectivity index (χ2n) is 6.23. The Morgan fingerprint density at radius 2 is 1.73 bits per heavy atom. The Hall–Kier alpha value is -3.55. The molecule has 160 valence electrons. The Morgan fingerprint density at radius 1 is 0.933 bits per heavy atom. The van der Waals surface area contributed by atoms with Gasteiger partial charge in [0.05, 0.1) is 18.8 Å². The molecular formula is C22H26N2O6. The summed E-state index contributed by atoms with van der Waals surface area (Å²) in [4.78, 5) is 36.1. The van der Waals surface area contributed by atoms with Gasteiger partial charge in [-0.2, -0.15) is 0 Å². The predicted octanol–water partition coefficient (Wildman–Crippen LogP) is 3.03. The van der Waals surface area contributed by atoms with Crippen molar-refractivity contribution >= 4 is 23.5 Å². The number of hydrogen-bond donors (Lipinski definition) is 2. The molecule has 0 atom stereocenters. The first-order valence-corrected chi connectivity index (χ1v) is 9.67. The van der Waals surface area contributed by atoms with E-state index in [4.69, 9.17) is 14.2 Å². The van der Waals surface area contributed by atoms with Crippen LogP contribution in [0.3, 0.4) is 0 Å². The van der Waals surface area contributed by atoms with Crippen molar-refractivity contribution in [2.45, 2.75) is 20.3 Å². The Kier molecular flexibility index (Phi) is 8.68. The van der Waals surface area contributed by atoms with Crippen LogP contribution < -0.4 is 20.1 Å². The minimum Gasteiger partial charge on any atom is -0.490 e. The first-order chi connectivity index (χ1) is 14.5. The number of rotatable bonds is 10. The van der Waals surface area contributed by atoms with Crippen LogP contribution in [0.1, 0.15) is 41.0 Å². The van der Waals surface area contributed by atoms with Crippen molar-refractivity contribution in [1.82, 2.24) is 5.32 Å². The lowest BCUT2D eigenvalue weighted by atomic mass is 10.2. The summed E-state index contributed by atoms with van der Waals surface area (Å²) in [6, 6.07) is 11.2. The van der Waals surface area contributed by atoms with Crippen LogP contribution in [0.25, 0.3) is 0 Å². The van der Waals surface area contributed by atoms with Crippen LogP contribution in [-0.2, 0) is 9.53 Å². The van der Waals surface area contributed by atoms with Crippen LogP contribution in [0.2, 0.25) is 0 Å². The molecule has 0 fully saturated rings. The molecule has 0 spiro atoms. The van der Waals surface area contributed by atoms with Gasteiger partial charge in [-0.25, -0.2) is 4.79 Å². The van der Waals surface area contributed by atoms with E-state index in [0.717, 1.165) is 6.42 Å². The van der Waals surface area contributed by atoms with Crippen LogP contribution in [0.4, 0.5) is 5.69 Å². The molecule has 0 saturated carbocycles. The van der Waals surface area contributed by atoms with Gasteiger partial charge in [0.15, 0.2) is 18.1 Å². The lowest BCUT2D eigenvalue weighted by Crippen LogP contribution is -2.22. The molecule has 0 radical (unpaired) electrons. The van der Waals surface area contributed by atoms with Gasteiger partial charge in [0.2, 0.25) is 0 Å². The molecule has 0 bridgehead atoms.